The van der Waals surface area contributed by atoms with E-state index in [1.54, 1.807) is 6.92 Å². The first kappa shape index (κ1) is 22.7. The number of aryl methyl sites for hydroxylation is 1. The lowest BCUT2D eigenvalue weighted by Crippen LogP contribution is -2.30. The zero-order valence-corrected chi connectivity index (χ0v) is 18.3. The molecule has 0 fully saturated rings. The monoisotopic (exact) mass is 396 g/mol. The van der Waals surface area contributed by atoms with Crippen LogP contribution in [-0.2, 0) is 19.1 Å². The summed E-state index contributed by atoms with van der Waals surface area (Å²) < 4.78 is 11.1. The topological polar surface area (TPSA) is 52.6 Å². The molecule has 0 aliphatic rings. The highest BCUT2D eigenvalue weighted by Crippen LogP contribution is 2.30. The zero-order valence-electron chi connectivity index (χ0n) is 18.3. The fraction of sp³-hybridized carbons (Fsp3) is 0.440. The lowest BCUT2D eigenvalue weighted by atomic mass is 9.87. The average Bonchev–Trinajstić information content (AvgIpc) is 2.62. The molecular weight excluding hydrogens is 364 g/mol. The van der Waals surface area contributed by atoms with Crippen LogP contribution in [0.2, 0.25) is 0 Å². The van der Waals surface area contributed by atoms with Crippen LogP contribution in [0.15, 0.2) is 54.6 Å². The second-order valence-electron chi connectivity index (χ2n) is 8.63. The van der Waals surface area contributed by atoms with Crippen LogP contribution < -0.4 is 0 Å². The predicted molar refractivity (Wildman–Crippen MR) is 115 cm³/mol. The summed E-state index contributed by atoms with van der Waals surface area (Å²) in [6, 6.07) is 18.3. The minimum atomic E-state index is -0.572. The molecule has 2 rings (SSSR count). The van der Waals surface area contributed by atoms with Crippen molar-refractivity contribution in [2.75, 3.05) is 0 Å². The first-order valence-electron chi connectivity index (χ1n) is 10.1. The van der Waals surface area contributed by atoms with Crippen molar-refractivity contribution in [2.45, 2.75) is 65.6 Å². The third kappa shape index (κ3) is 7.04. The Bertz CT molecular complexity index is 803. The Morgan fingerprint density at radius 1 is 0.897 bits per heavy atom. The summed E-state index contributed by atoms with van der Waals surface area (Å²) in [7, 11) is 0. The van der Waals surface area contributed by atoms with Crippen molar-refractivity contribution < 1.29 is 19.1 Å². The molecule has 156 valence electrons. The van der Waals surface area contributed by atoms with Gasteiger partial charge in [-0.25, -0.2) is 0 Å². The van der Waals surface area contributed by atoms with Gasteiger partial charge in [0.25, 0.3) is 0 Å². The highest BCUT2D eigenvalue weighted by molar-refractivity contribution is 5.80. The van der Waals surface area contributed by atoms with Crippen LogP contribution in [0, 0.1) is 12.8 Å². The van der Waals surface area contributed by atoms with E-state index in [0.717, 1.165) is 11.1 Å². The molecule has 0 saturated heterocycles. The molecule has 29 heavy (non-hydrogen) atoms. The molecule has 0 unspecified atom stereocenters. The van der Waals surface area contributed by atoms with Gasteiger partial charge in [0.05, 0.1) is 12.3 Å². The van der Waals surface area contributed by atoms with Crippen molar-refractivity contribution >= 4 is 11.9 Å². The molecule has 0 heterocycles. The summed E-state index contributed by atoms with van der Waals surface area (Å²) >= 11 is 0. The normalized spacial score (nSPS) is 14.6. The van der Waals surface area contributed by atoms with Gasteiger partial charge >= 0.3 is 11.9 Å². The van der Waals surface area contributed by atoms with E-state index in [1.807, 2.05) is 65.0 Å². The molecule has 2 aromatic rings. The molecular formula is C25H32O4. The molecule has 4 heteroatoms. The molecule has 0 spiro atoms. The Hall–Kier alpha value is -2.62. The Kier molecular flexibility index (Phi) is 7.60. The van der Waals surface area contributed by atoms with Gasteiger partial charge in [-0.1, -0.05) is 67.1 Å². The Morgan fingerprint density at radius 2 is 1.45 bits per heavy atom. The van der Waals surface area contributed by atoms with Crippen LogP contribution in [0.25, 0.3) is 0 Å². The summed E-state index contributed by atoms with van der Waals surface area (Å²) in [4.78, 5) is 24.7. The summed E-state index contributed by atoms with van der Waals surface area (Å²) in [5, 5.41) is 0. The fourth-order valence-corrected chi connectivity index (χ4v) is 3.25. The van der Waals surface area contributed by atoms with E-state index in [-0.39, 0.29) is 18.4 Å². The van der Waals surface area contributed by atoms with Crippen molar-refractivity contribution in [3.8, 4) is 0 Å². The van der Waals surface area contributed by atoms with Crippen molar-refractivity contribution in [3.63, 3.8) is 0 Å². The standard InChI is InChI=1S/C25H32O4/c1-17-12-14-21(15-13-17)23(20-10-8-7-9-11-20)19(3)28-24(27)18(2)16-22(26)29-25(4,5)6/h7-15,18-19,23H,16H2,1-6H3/t18-,19+,23-/m1/s1. The Morgan fingerprint density at radius 3 is 2.00 bits per heavy atom. The highest BCUT2D eigenvalue weighted by atomic mass is 16.6. The zero-order chi connectivity index (χ0) is 21.6. The van der Waals surface area contributed by atoms with Crippen molar-refractivity contribution in [3.05, 3.63) is 71.3 Å². The first-order valence-corrected chi connectivity index (χ1v) is 10.1. The molecule has 4 nitrogen and oxygen atoms in total. The van der Waals surface area contributed by atoms with Crippen LogP contribution in [-0.4, -0.2) is 23.6 Å². The number of rotatable bonds is 7. The highest BCUT2D eigenvalue weighted by Gasteiger charge is 2.28. The Balaban J connectivity index is 2.13. The van der Waals surface area contributed by atoms with E-state index in [2.05, 4.69) is 24.3 Å². The third-order valence-corrected chi connectivity index (χ3v) is 4.66. The lowest BCUT2D eigenvalue weighted by Gasteiger charge is -2.26. The summed E-state index contributed by atoms with van der Waals surface area (Å²) in [6.45, 7) is 11.1. The maximum Gasteiger partial charge on any atom is 0.309 e. The van der Waals surface area contributed by atoms with Crippen LogP contribution in [0.5, 0.6) is 0 Å². The summed E-state index contributed by atoms with van der Waals surface area (Å²) in [5.41, 5.74) is 2.77. The predicted octanol–water partition coefficient (Wildman–Crippen LogP) is 5.43. The van der Waals surface area contributed by atoms with Crippen LogP contribution >= 0.6 is 0 Å². The Labute approximate surface area is 174 Å². The minimum absolute atomic E-state index is 0.00333. The SMILES string of the molecule is Cc1ccc([C@@H](c2ccccc2)[C@H](C)OC(=O)[C@H](C)CC(=O)OC(C)(C)C)cc1. The van der Waals surface area contributed by atoms with Crippen LogP contribution in [0.3, 0.4) is 0 Å². The van der Waals surface area contributed by atoms with Crippen molar-refractivity contribution in [2.24, 2.45) is 5.92 Å². The number of hydrogen-bond donors (Lipinski definition) is 0. The van der Waals surface area contributed by atoms with E-state index in [1.165, 1.54) is 5.56 Å². The fourth-order valence-electron chi connectivity index (χ4n) is 3.25. The molecule has 0 aliphatic heterocycles. The van der Waals surface area contributed by atoms with Gasteiger partial charge in [-0.05, 0) is 45.7 Å². The second-order valence-corrected chi connectivity index (χ2v) is 8.63. The minimum Gasteiger partial charge on any atom is -0.461 e. The van der Waals surface area contributed by atoms with E-state index in [4.69, 9.17) is 9.47 Å². The number of esters is 2. The number of carbonyl (C=O) groups is 2. The molecule has 0 aromatic heterocycles. The number of benzene rings is 2. The quantitative estimate of drug-likeness (QED) is 0.586. The molecule has 0 aliphatic carbocycles. The molecule has 0 radical (unpaired) electrons. The summed E-state index contributed by atoms with van der Waals surface area (Å²) in [5.74, 6) is -1.44. The van der Waals surface area contributed by atoms with Gasteiger partial charge in [-0.3, -0.25) is 9.59 Å². The maximum atomic E-state index is 12.6. The average molecular weight is 397 g/mol. The van der Waals surface area contributed by atoms with E-state index in [9.17, 15) is 9.59 Å². The van der Waals surface area contributed by atoms with E-state index < -0.39 is 23.5 Å². The van der Waals surface area contributed by atoms with Crippen LogP contribution in [0.4, 0.5) is 0 Å². The molecule has 0 amide bonds. The largest absolute Gasteiger partial charge is 0.461 e. The van der Waals surface area contributed by atoms with Gasteiger partial charge in [0.1, 0.15) is 11.7 Å². The molecule has 0 bridgehead atoms. The summed E-state index contributed by atoms with van der Waals surface area (Å²) in [6.07, 6.45) is -0.378. The van der Waals surface area contributed by atoms with Gasteiger partial charge in [0.2, 0.25) is 0 Å². The maximum absolute atomic E-state index is 12.6. The molecule has 0 N–H and O–H groups in total. The van der Waals surface area contributed by atoms with Gasteiger partial charge in [-0.2, -0.15) is 0 Å². The number of hydrogen-bond acceptors (Lipinski definition) is 4. The number of ether oxygens (including phenoxy) is 2. The smallest absolute Gasteiger partial charge is 0.309 e. The lowest BCUT2D eigenvalue weighted by molar-refractivity contribution is -0.163. The van der Waals surface area contributed by atoms with Gasteiger partial charge < -0.3 is 9.47 Å². The second kappa shape index (κ2) is 9.73. The van der Waals surface area contributed by atoms with Gasteiger partial charge in [0.15, 0.2) is 0 Å². The molecule has 2 aromatic carbocycles. The van der Waals surface area contributed by atoms with Gasteiger partial charge in [0, 0.05) is 5.92 Å². The van der Waals surface area contributed by atoms with E-state index >= 15 is 0 Å². The molecule has 3 atom stereocenters. The van der Waals surface area contributed by atoms with Crippen LogP contribution in [0.1, 0.15) is 63.6 Å². The number of carbonyl (C=O) groups excluding carboxylic acids is 2. The van der Waals surface area contributed by atoms with Gasteiger partial charge in [-0.15, -0.1) is 0 Å². The van der Waals surface area contributed by atoms with E-state index in [0.29, 0.717) is 0 Å². The molecule has 0 saturated carbocycles. The van der Waals surface area contributed by atoms with Crippen molar-refractivity contribution in [1.29, 1.82) is 0 Å². The van der Waals surface area contributed by atoms with Crippen molar-refractivity contribution in [1.82, 2.24) is 0 Å². The third-order valence-electron chi connectivity index (χ3n) is 4.66. The first-order chi connectivity index (χ1) is 13.6.